The minimum atomic E-state index is -0.750. The number of hydrogen-bond acceptors (Lipinski definition) is 8. The van der Waals surface area contributed by atoms with Crippen molar-refractivity contribution in [2.45, 2.75) is 115 Å². The van der Waals surface area contributed by atoms with E-state index in [1.54, 1.807) is 7.11 Å². The van der Waals surface area contributed by atoms with Gasteiger partial charge >= 0.3 is 17.0 Å². The van der Waals surface area contributed by atoms with E-state index in [9.17, 15) is 14.7 Å². The molecule has 4 heterocycles. The number of aryl methyl sites for hydroxylation is 2. The van der Waals surface area contributed by atoms with Gasteiger partial charge in [-0.05, 0) is 137 Å². The number of aromatic hydroxyl groups is 1. The maximum Gasteiger partial charge on any atom is 0.450 e. The van der Waals surface area contributed by atoms with Crippen LogP contribution < -0.4 is 4.74 Å². The van der Waals surface area contributed by atoms with Gasteiger partial charge in [-0.25, -0.2) is 9.59 Å². The van der Waals surface area contributed by atoms with Crippen LogP contribution in [-0.4, -0.2) is 175 Å². The summed E-state index contributed by atoms with van der Waals surface area (Å²) in [7, 11) is 1.75. The highest BCUT2D eigenvalue weighted by atomic mass is 35.6. The van der Waals surface area contributed by atoms with Gasteiger partial charge in [0.05, 0.1) is 33.5 Å². The minimum Gasteiger partial charge on any atom is -0.508 e. The number of ether oxygens (including phenoxy) is 3. The predicted molar refractivity (Wildman–Crippen MR) is 255 cm³/mol. The average Bonchev–Trinajstić information content (AvgIpc) is 3.32. The van der Waals surface area contributed by atoms with Crippen LogP contribution in [0.4, 0.5) is 9.59 Å². The molecule has 0 saturated carbocycles. The summed E-state index contributed by atoms with van der Waals surface area (Å²) < 4.78 is 16.2. The summed E-state index contributed by atoms with van der Waals surface area (Å²) in [6, 6.07) is 15.1. The fourth-order valence-corrected chi connectivity index (χ4v) is 10.7. The zero-order chi connectivity index (χ0) is 44.7. The normalized spacial score (nSPS) is 22.0. The van der Waals surface area contributed by atoms with Crippen LogP contribution in [-0.2, 0) is 35.2 Å². The van der Waals surface area contributed by atoms with Crippen LogP contribution in [0.15, 0.2) is 36.4 Å². The standard InChI is InChI=1S/C24H37N3O3.C23H35N3O3.BCl3/c1-3-10-27(22-6-4-19-5-7-23(29-2)18-20(19)17-22)21-8-11-25(12-9-21)24(28)26-13-15-30-16-14-26;1-2-9-26(21-5-3-18-4-6-22(27)17-19(18)16-21)20-7-10-24(11-8-20)23(28)25-12-14-29-15-13-25;2-1(3)4/h5,7,18,21-22H,3-4,6,8-17H2,1-2H3;4,6,17,20-21,27H,2-3,5,7-16H2,1H3;. The first-order valence-electron chi connectivity index (χ1n) is 23.7. The van der Waals surface area contributed by atoms with E-state index in [0.717, 1.165) is 129 Å². The Labute approximate surface area is 392 Å². The Morgan fingerprint density at radius 2 is 1.02 bits per heavy atom. The third-order valence-corrected chi connectivity index (χ3v) is 13.9. The van der Waals surface area contributed by atoms with Gasteiger partial charge in [-0.3, -0.25) is 9.80 Å². The highest BCUT2D eigenvalue weighted by Crippen LogP contribution is 2.33. The number of phenolic OH excluding ortho intramolecular Hbond substituents is 1. The lowest BCUT2D eigenvalue weighted by Crippen LogP contribution is -2.54. The fourth-order valence-electron chi connectivity index (χ4n) is 10.7. The molecule has 1 N–H and O–H groups in total. The Balaban J connectivity index is 0.000000194. The topological polar surface area (TPSA) is 102 Å². The van der Waals surface area contributed by atoms with E-state index < -0.39 is 4.96 Å². The van der Waals surface area contributed by atoms with Crippen LogP contribution in [0.2, 0.25) is 0 Å². The van der Waals surface area contributed by atoms with E-state index >= 15 is 0 Å². The van der Waals surface area contributed by atoms with Crippen molar-refractivity contribution >= 4 is 51.4 Å². The van der Waals surface area contributed by atoms with E-state index in [-0.39, 0.29) is 12.1 Å². The Kier molecular flexibility index (Phi) is 20.0. The summed E-state index contributed by atoms with van der Waals surface area (Å²) >= 11 is 14.4. The number of urea groups is 2. The highest BCUT2D eigenvalue weighted by molar-refractivity contribution is 7.54. The summed E-state index contributed by atoms with van der Waals surface area (Å²) in [6.07, 6.45) is 13.4. The maximum absolute atomic E-state index is 12.8. The molecule has 4 saturated heterocycles. The highest BCUT2D eigenvalue weighted by Gasteiger charge is 2.36. The molecule has 8 rings (SSSR count). The molecule has 63 heavy (non-hydrogen) atoms. The number of amides is 4. The van der Waals surface area contributed by atoms with Crippen molar-refractivity contribution in [2.75, 3.05) is 99.0 Å². The lowest BCUT2D eigenvalue weighted by atomic mass is 9.86. The van der Waals surface area contributed by atoms with Gasteiger partial charge in [-0.15, -0.1) is 0 Å². The van der Waals surface area contributed by atoms with Gasteiger partial charge in [-0.2, -0.15) is 34.4 Å². The second kappa shape index (κ2) is 25.3. The number of methoxy groups -OCH3 is 1. The van der Waals surface area contributed by atoms with Crippen molar-refractivity contribution in [1.29, 1.82) is 0 Å². The quantitative estimate of drug-likeness (QED) is 0.255. The Morgan fingerprint density at radius 3 is 1.43 bits per heavy atom. The van der Waals surface area contributed by atoms with Crippen LogP contribution in [0.5, 0.6) is 11.5 Å². The Hall–Kier alpha value is -2.65. The number of carbonyl (C=O) groups excluding carboxylic acids is 2. The zero-order valence-corrected chi connectivity index (χ0v) is 40.3. The number of halogens is 3. The molecule has 4 aliphatic heterocycles. The minimum absolute atomic E-state index is 0.191. The molecule has 0 spiro atoms. The van der Waals surface area contributed by atoms with Crippen molar-refractivity contribution in [3.8, 4) is 11.5 Å². The molecular weight excluding hydrogens is 862 g/mol. The predicted octanol–water partition coefficient (Wildman–Crippen LogP) is 7.75. The molecule has 0 bridgehead atoms. The first-order chi connectivity index (χ1) is 30.6. The first kappa shape index (κ1) is 49.8. The molecule has 2 aromatic rings. The second-order valence-corrected chi connectivity index (χ2v) is 19.8. The van der Waals surface area contributed by atoms with Crippen molar-refractivity contribution < 1.29 is 28.9 Å². The lowest BCUT2D eigenvalue weighted by molar-refractivity contribution is 0.0330. The summed E-state index contributed by atoms with van der Waals surface area (Å²) in [5, 5.41) is 9.89. The molecule has 4 fully saturated rings. The number of carbonyl (C=O) groups is 2. The second-order valence-electron chi connectivity index (χ2n) is 17.8. The molecule has 0 aromatic heterocycles. The maximum atomic E-state index is 12.8. The van der Waals surface area contributed by atoms with Crippen molar-refractivity contribution in [1.82, 2.24) is 29.4 Å². The van der Waals surface area contributed by atoms with Gasteiger partial charge in [0, 0.05) is 76.5 Å². The number of morpholine rings is 2. The van der Waals surface area contributed by atoms with E-state index in [1.165, 1.54) is 41.5 Å². The number of benzene rings is 2. The molecule has 2 unspecified atom stereocenters. The van der Waals surface area contributed by atoms with Crippen molar-refractivity contribution in [3.63, 3.8) is 0 Å². The van der Waals surface area contributed by atoms with Crippen molar-refractivity contribution in [2.24, 2.45) is 0 Å². The fraction of sp³-hybridized carbons (Fsp3) is 0.702. The van der Waals surface area contributed by atoms with Gasteiger partial charge in [0.25, 0.3) is 0 Å². The Morgan fingerprint density at radius 1 is 0.619 bits per heavy atom. The summed E-state index contributed by atoms with van der Waals surface area (Å²) in [4.78, 5) is 38.3. The van der Waals surface area contributed by atoms with E-state index in [4.69, 9.17) is 48.6 Å². The van der Waals surface area contributed by atoms with E-state index in [2.05, 4.69) is 52.8 Å². The largest absolute Gasteiger partial charge is 0.508 e. The first-order valence-corrected chi connectivity index (χ1v) is 25.0. The number of rotatable bonds is 9. The molecular formula is C47H72BCl3N6O6. The number of nitrogens with zero attached hydrogens (tertiary/aromatic N) is 6. The molecule has 4 amide bonds. The van der Waals surface area contributed by atoms with Crippen LogP contribution in [0.1, 0.15) is 87.5 Å². The molecule has 12 nitrogen and oxygen atoms in total. The van der Waals surface area contributed by atoms with Crippen LogP contribution in [0.3, 0.4) is 0 Å². The monoisotopic (exact) mass is 932 g/mol. The summed E-state index contributed by atoms with van der Waals surface area (Å²) in [5.74, 6) is 1.34. The number of fused-ring (bicyclic) bond motifs is 2. The summed E-state index contributed by atoms with van der Waals surface area (Å²) in [5.41, 5.74) is 5.63. The number of likely N-dealkylation sites (tertiary alicyclic amines) is 2. The molecule has 16 heteroatoms. The SMILES string of the molecule is CCCN(C1CCN(C(=O)N2CCOCC2)CC1)C1CCc2ccc(O)cc2C1.CCCN(C1CCN(C(=O)N2CCOCC2)CC1)C1CCc2ccc(OC)cc2C1.ClB(Cl)Cl. The Bertz CT molecular complexity index is 1720. The van der Waals surface area contributed by atoms with Gasteiger partial charge in [0.15, 0.2) is 0 Å². The number of piperidine rings is 2. The third kappa shape index (κ3) is 14.2. The zero-order valence-electron chi connectivity index (χ0n) is 38.0. The third-order valence-electron chi connectivity index (χ3n) is 13.9. The molecule has 6 aliphatic rings. The van der Waals surface area contributed by atoms with E-state index in [1.807, 2.05) is 26.8 Å². The van der Waals surface area contributed by atoms with Gasteiger partial charge in [0.1, 0.15) is 11.5 Å². The molecule has 2 atom stereocenters. The van der Waals surface area contributed by atoms with Crippen LogP contribution in [0.25, 0.3) is 0 Å². The number of phenols is 1. The molecule has 2 aliphatic carbocycles. The van der Waals surface area contributed by atoms with Gasteiger partial charge in [0.2, 0.25) is 0 Å². The van der Waals surface area contributed by atoms with Crippen LogP contribution in [0, 0.1) is 0 Å². The lowest BCUT2D eigenvalue weighted by Gasteiger charge is -2.44. The number of hydrogen-bond donors (Lipinski definition) is 1. The van der Waals surface area contributed by atoms with Gasteiger partial charge in [-0.1, -0.05) is 26.0 Å². The average molecular weight is 934 g/mol. The molecule has 0 radical (unpaired) electrons. The van der Waals surface area contributed by atoms with Gasteiger partial charge < -0.3 is 38.9 Å². The smallest absolute Gasteiger partial charge is 0.450 e. The molecule has 2 aromatic carbocycles. The van der Waals surface area contributed by atoms with Crippen LogP contribution >= 0.6 is 34.4 Å². The molecule has 350 valence electrons. The van der Waals surface area contributed by atoms with Crippen molar-refractivity contribution in [3.05, 3.63) is 58.7 Å². The summed E-state index contributed by atoms with van der Waals surface area (Å²) in [6.45, 7) is 15.8. The van der Waals surface area contributed by atoms with E-state index in [0.29, 0.717) is 56.3 Å².